The van der Waals surface area contributed by atoms with Gasteiger partial charge in [0, 0.05) is 10.8 Å². The summed E-state index contributed by atoms with van der Waals surface area (Å²) in [6.07, 6.45) is 3.02. The molecule has 2 aromatic heterocycles. The van der Waals surface area contributed by atoms with Crippen molar-refractivity contribution in [2.45, 2.75) is 59.0 Å². The fourth-order valence-electron chi connectivity index (χ4n) is 2.21. The molecule has 22 heavy (non-hydrogen) atoms. The van der Waals surface area contributed by atoms with Gasteiger partial charge >= 0.3 is 5.97 Å². The lowest BCUT2D eigenvalue weighted by Gasteiger charge is -2.18. The topological polar surface area (TPSA) is 81.0 Å². The Balaban J connectivity index is 2.12. The van der Waals surface area contributed by atoms with Crippen molar-refractivity contribution in [1.29, 1.82) is 0 Å². The highest BCUT2D eigenvalue weighted by Crippen LogP contribution is 2.26. The van der Waals surface area contributed by atoms with Crippen molar-refractivity contribution in [2.75, 3.05) is 0 Å². The number of aromatic nitrogens is 3. The summed E-state index contributed by atoms with van der Waals surface area (Å²) in [5, 5.41) is 10.8. The first-order valence-electron chi connectivity index (χ1n) is 7.25. The van der Waals surface area contributed by atoms with E-state index in [0.717, 1.165) is 17.0 Å². The van der Waals surface area contributed by atoms with E-state index >= 15 is 0 Å². The normalized spacial score (nSPS) is 12.5. The summed E-state index contributed by atoms with van der Waals surface area (Å²) >= 11 is 0. The summed E-state index contributed by atoms with van der Waals surface area (Å²) < 4.78 is 10.4. The molecular weight excluding hydrogens is 282 g/mol. The number of carbonyl (C=O) groups excluding carboxylic acids is 1. The minimum Gasteiger partial charge on any atom is -0.457 e. The third-order valence-corrected chi connectivity index (χ3v) is 3.32. The molecule has 0 spiro atoms. The summed E-state index contributed by atoms with van der Waals surface area (Å²) in [6.45, 7) is 12.3. The molecule has 0 aromatic carbocycles. The molecule has 6 heteroatoms. The Morgan fingerprint density at radius 3 is 2.50 bits per heavy atom. The summed E-state index contributed by atoms with van der Waals surface area (Å²) in [7, 11) is 0. The molecule has 120 valence electrons. The molecule has 0 bridgehead atoms. The minimum atomic E-state index is -0.403. The second-order valence-electron chi connectivity index (χ2n) is 7.42. The number of hydrogen-bond acceptors (Lipinski definition) is 5. The van der Waals surface area contributed by atoms with Gasteiger partial charge in [0.2, 0.25) is 0 Å². The van der Waals surface area contributed by atoms with Gasteiger partial charge in [-0.1, -0.05) is 46.7 Å². The van der Waals surface area contributed by atoms with E-state index in [2.05, 4.69) is 15.4 Å². The zero-order valence-electron chi connectivity index (χ0n) is 14.0. The monoisotopic (exact) mass is 305 g/mol. The number of aromatic amines is 1. The van der Waals surface area contributed by atoms with E-state index in [0.29, 0.717) is 5.56 Å². The van der Waals surface area contributed by atoms with Crippen LogP contribution < -0.4 is 0 Å². The van der Waals surface area contributed by atoms with Gasteiger partial charge in [-0.3, -0.25) is 5.10 Å². The molecule has 0 amide bonds. The van der Waals surface area contributed by atoms with Gasteiger partial charge in [0.15, 0.2) is 0 Å². The van der Waals surface area contributed by atoms with Crippen molar-refractivity contribution in [1.82, 2.24) is 15.4 Å². The number of carbonyl (C=O) groups is 1. The van der Waals surface area contributed by atoms with Crippen molar-refractivity contribution >= 4 is 5.97 Å². The summed E-state index contributed by atoms with van der Waals surface area (Å²) in [5.74, 6) is -0.403. The van der Waals surface area contributed by atoms with E-state index in [1.54, 1.807) is 0 Å². The molecule has 0 atom stereocenters. The van der Waals surface area contributed by atoms with Crippen LogP contribution in [0, 0.1) is 0 Å². The highest BCUT2D eigenvalue weighted by atomic mass is 16.5. The van der Waals surface area contributed by atoms with Gasteiger partial charge in [-0.2, -0.15) is 5.10 Å². The quantitative estimate of drug-likeness (QED) is 0.879. The van der Waals surface area contributed by atoms with Crippen LogP contribution in [0.15, 0.2) is 17.0 Å². The number of nitrogens with zero attached hydrogens (tertiary/aromatic N) is 2. The van der Waals surface area contributed by atoms with E-state index < -0.39 is 5.97 Å². The molecule has 6 nitrogen and oxygen atoms in total. The van der Waals surface area contributed by atoms with E-state index in [-0.39, 0.29) is 17.4 Å². The van der Waals surface area contributed by atoms with Crippen molar-refractivity contribution in [3.63, 3.8) is 0 Å². The Morgan fingerprint density at radius 1 is 1.23 bits per heavy atom. The van der Waals surface area contributed by atoms with Crippen LogP contribution in [0.1, 0.15) is 68.9 Å². The van der Waals surface area contributed by atoms with E-state index in [1.165, 1.54) is 12.5 Å². The minimum absolute atomic E-state index is 0.129. The predicted molar refractivity (Wildman–Crippen MR) is 81.6 cm³/mol. The van der Waals surface area contributed by atoms with Gasteiger partial charge in [0.1, 0.15) is 18.4 Å². The molecule has 0 aliphatic carbocycles. The lowest BCUT2D eigenvalue weighted by Crippen LogP contribution is -2.18. The van der Waals surface area contributed by atoms with Crippen LogP contribution in [0.4, 0.5) is 0 Å². The molecule has 0 saturated heterocycles. The fourth-order valence-corrected chi connectivity index (χ4v) is 2.21. The van der Waals surface area contributed by atoms with Crippen LogP contribution >= 0.6 is 0 Å². The number of H-pyrrole nitrogens is 1. The second-order valence-corrected chi connectivity index (χ2v) is 7.42. The largest absolute Gasteiger partial charge is 0.457 e. The molecule has 0 aliphatic heterocycles. The van der Waals surface area contributed by atoms with Crippen molar-refractivity contribution in [3.05, 3.63) is 35.0 Å². The number of esters is 1. The Hall–Kier alpha value is -2.11. The summed E-state index contributed by atoms with van der Waals surface area (Å²) in [4.78, 5) is 12.3. The smallest absolute Gasteiger partial charge is 0.341 e. The maximum absolute atomic E-state index is 12.3. The van der Waals surface area contributed by atoms with Gasteiger partial charge in [0.05, 0.1) is 23.1 Å². The molecule has 0 aliphatic rings. The third kappa shape index (κ3) is 3.37. The number of hydrogen-bond donors (Lipinski definition) is 1. The Bertz CT molecular complexity index is 657. The first kappa shape index (κ1) is 16.3. The van der Waals surface area contributed by atoms with Crippen LogP contribution in [0.3, 0.4) is 0 Å². The van der Waals surface area contributed by atoms with E-state index in [9.17, 15) is 4.79 Å². The number of rotatable bonds is 3. The van der Waals surface area contributed by atoms with Crippen molar-refractivity contribution < 1.29 is 14.1 Å². The van der Waals surface area contributed by atoms with Crippen molar-refractivity contribution in [3.8, 4) is 0 Å². The number of ether oxygens (including phenoxy) is 1. The molecular formula is C16H23N3O3. The molecule has 0 radical (unpaired) electrons. The lowest BCUT2D eigenvalue weighted by atomic mass is 9.89. The average molecular weight is 305 g/mol. The average Bonchev–Trinajstić information content (AvgIpc) is 3.02. The first-order chi connectivity index (χ1) is 10.1. The highest BCUT2D eigenvalue weighted by molar-refractivity contribution is 5.90. The second kappa shape index (κ2) is 5.59. The van der Waals surface area contributed by atoms with Gasteiger partial charge in [0.25, 0.3) is 0 Å². The third-order valence-electron chi connectivity index (χ3n) is 3.32. The Morgan fingerprint density at radius 2 is 1.91 bits per heavy atom. The van der Waals surface area contributed by atoms with Crippen LogP contribution in [-0.2, 0) is 22.2 Å². The Kier molecular flexibility index (Phi) is 4.13. The SMILES string of the molecule is CC(C)(C)c1nocc1COC(=O)c1cn[nH]c1C(C)(C)C. The molecule has 0 saturated carbocycles. The van der Waals surface area contributed by atoms with Gasteiger partial charge in [-0.25, -0.2) is 4.79 Å². The molecule has 1 N–H and O–H groups in total. The van der Waals surface area contributed by atoms with Crippen molar-refractivity contribution in [2.24, 2.45) is 0 Å². The summed E-state index contributed by atoms with van der Waals surface area (Å²) in [6, 6.07) is 0. The van der Waals surface area contributed by atoms with Crippen LogP contribution in [0.25, 0.3) is 0 Å². The highest BCUT2D eigenvalue weighted by Gasteiger charge is 2.26. The predicted octanol–water partition coefficient (Wildman–Crippen LogP) is 3.35. The maximum Gasteiger partial charge on any atom is 0.341 e. The van der Waals surface area contributed by atoms with Crippen LogP contribution in [0.5, 0.6) is 0 Å². The van der Waals surface area contributed by atoms with Gasteiger partial charge < -0.3 is 9.26 Å². The lowest BCUT2D eigenvalue weighted by molar-refractivity contribution is 0.0467. The van der Waals surface area contributed by atoms with E-state index in [1.807, 2.05) is 41.5 Å². The Labute approximate surface area is 130 Å². The zero-order chi connectivity index (χ0) is 16.5. The standard InChI is InChI=1S/C16H23N3O3/c1-15(2,3)12-10(9-22-19-12)8-21-14(20)11-7-17-18-13(11)16(4,5)6/h7,9H,8H2,1-6H3,(H,17,18). The van der Waals surface area contributed by atoms with Crippen LogP contribution in [-0.4, -0.2) is 21.3 Å². The fraction of sp³-hybridized carbons (Fsp3) is 0.562. The molecule has 2 rings (SSSR count). The maximum atomic E-state index is 12.3. The molecule has 2 aromatic rings. The summed E-state index contributed by atoms with van der Waals surface area (Å²) in [5.41, 5.74) is 2.42. The van der Waals surface area contributed by atoms with Gasteiger partial charge in [-0.05, 0) is 0 Å². The molecule has 2 heterocycles. The first-order valence-corrected chi connectivity index (χ1v) is 7.25. The van der Waals surface area contributed by atoms with E-state index in [4.69, 9.17) is 9.26 Å². The molecule has 0 fully saturated rings. The van der Waals surface area contributed by atoms with Crippen LogP contribution in [0.2, 0.25) is 0 Å². The molecule has 0 unspecified atom stereocenters. The number of nitrogens with one attached hydrogen (secondary N) is 1. The van der Waals surface area contributed by atoms with Gasteiger partial charge in [-0.15, -0.1) is 0 Å². The zero-order valence-corrected chi connectivity index (χ0v) is 14.0.